The van der Waals surface area contributed by atoms with Crippen LogP contribution in [-0.4, -0.2) is 58.6 Å². The fourth-order valence-electron chi connectivity index (χ4n) is 1.36. The molecule has 0 fully saturated rings. The number of aliphatic imine (C=N–C) groups is 1. The number of hydrogen-bond acceptors (Lipinski definition) is 5. The van der Waals surface area contributed by atoms with Crippen molar-refractivity contribution in [2.75, 3.05) is 52.4 Å². The van der Waals surface area contributed by atoms with Gasteiger partial charge in [-0.3, -0.25) is 4.99 Å². The van der Waals surface area contributed by atoms with Crippen molar-refractivity contribution in [1.29, 1.82) is 0 Å². The van der Waals surface area contributed by atoms with E-state index in [1.807, 2.05) is 18.5 Å². The van der Waals surface area contributed by atoms with Gasteiger partial charge >= 0.3 is 0 Å². The molecule has 0 aliphatic carbocycles. The fraction of sp³-hybridized carbons (Fsp3) is 0.727. The van der Waals surface area contributed by atoms with Gasteiger partial charge in [0.1, 0.15) is 0 Å². The third-order valence-electron chi connectivity index (χ3n) is 2.23. The molecule has 92 valence electrons. The average Bonchev–Trinajstić information content (AvgIpc) is 2.29. The fourth-order valence-corrected chi connectivity index (χ4v) is 1.36. The van der Waals surface area contributed by atoms with Crippen molar-refractivity contribution in [1.82, 2.24) is 21.3 Å². The molecule has 0 radical (unpaired) electrons. The Kier molecular flexibility index (Phi) is 8.72. The van der Waals surface area contributed by atoms with Gasteiger partial charge in [-0.2, -0.15) is 0 Å². The lowest BCUT2D eigenvalue weighted by Crippen LogP contribution is -2.35. The highest BCUT2D eigenvalue weighted by atomic mass is 15.0. The van der Waals surface area contributed by atoms with Gasteiger partial charge < -0.3 is 21.3 Å². The summed E-state index contributed by atoms with van der Waals surface area (Å²) in [5.41, 5.74) is 0. The van der Waals surface area contributed by atoms with E-state index >= 15 is 0 Å². The van der Waals surface area contributed by atoms with Gasteiger partial charge in [-0.05, 0) is 12.3 Å². The predicted molar refractivity (Wildman–Crippen MR) is 69.1 cm³/mol. The lowest BCUT2D eigenvalue weighted by Gasteiger charge is -2.07. The van der Waals surface area contributed by atoms with Crippen LogP contribution in [0.2, 0.25) is 0 Å². The van der Waals surface area contributed by atoms with Crippen LogP contribution in [0.5, 0.6) is 0 Å². The molecule has 0 saturated heterocycles. The third-order valence-corrected chi connectivity index (χ3v) is 2.23. The van der Waals surface area contributed by atoms with E-state index < -0.39 is 0 Å². The van der Waals surface area contributed by atoms with Crippen LogP contribution in [0.25, 0.3) is 0 Å². The zero-order valence-electron chi connectivity index (χ0n) is 9.84. The van der Waals surface area contributed by atoms with Crippen LogP contribution in [-0.2, 0) is 0 Å². The van der Waals surface area contributed by atoms with Crippen molar-refractivity contribution < 1.29 is 0 Å². The monoisotopic (exact) mass is 225 g/mol. The van der Waals surface area contributed by atoms with Crippen molar-refractivity contribution in [2.45, 2.75) is 0 Å². The first-order chi connectivity index (χ1) is 8.00. The van der Waals surface area contributed by atoms with E-state index in [9.17, 15) is 0 Å². The van der Waals surface area contributed by atoms with Gasteiger partial charge in [0, 0.05) is 52.0 Å². The van der Waals surface area contributed by atoms with E-state index in [0.717, 1.165) is 52.4 Å². The summed E-state index contributed by atoms with van der Waals surface area (Å²) in [5, 5.41) is 13.3. The molecule has 4 N–H and O–H groups in total. The smallest absolute Gasteiger partial charge is 0.0514 e. The van der Waals surface area contributed by atoms with Crippen LogP contribution < -0.4 is 21.3 Å². The second kappa shape index (κ2) is 10.6. The zero-order chi connectivity index (χ0) is 11.3. The molecule has 5 heteroatoms. The first kappa shape index (κ1) is 13.2. The molecule has 1 aliphatic rings. The Hall–Kier alpha value is -0.910. The quantitative estimate of drug-likeness (QED) is 0.425. The van der Waals surface area contributed by atoms with E-state index in [-0.39, 0.29) is 0 Å². The normalized spacial score (nSPS) is 25.5. The minimum absolute atomic E-state index is 0.839. The Morgan fingerprint density at radius 3 is 2.12 bits per heavy atom. The predicted octanol–water partition coefficient (Wildman–Crippen LogP) is -1.06. The Bertz CT molecular complexity index is 181. The average molecular weight is 225 g/mol. The van der Waals surface area contributed by atoms with E-state index in [4.69, 9.17) is 0 Å². The van der Waals surface area contributed by atoms with Crippen molar-refractivity contribution in [3.8, 4) is 0 Å². The number of nitrogens with one attached hydrogen (secondary N) is 4. The lowest BCUT2D eigenvalue weighted by molar-refractivity contribution is 0.580. The number of rotatable bonds is 0. The standard InChI is InChI=1S/C11H23N5/c1-2-12-4-6-14-8-10-16-11-9-15-7-5-13-3-1/h1-3,12,14-16H,4-11H2/b2-1-,13-3+. The highest BCUT2D eigenvalue weighted by molar-refractivity contribution is 5.70. The first-order valence-electron chi connectivity index (χ1n) is 6.00. The molecule has 0 atom stereocenters. The lowest BCUT2D eigenvalue weighted by atomic mass is 10.5. The maximum absolute atomic E-state index is 4.25. The molecule has 0 aromatic rings. The summed E-state index contributed by atoms with van der Waals surface area (Å²) in [5.74, 6) is 0. The minimum atomic E-state index is 0.839. The molecule has 0 amide bonds. The molecule has 0 spiro atoms. The van der Waals surface area contributed by atoms with E-state index in [1.165, 1.54) is 0 Å². The summed E-state index contributed by atoms with van der Waals surface area (Å²) in [4.78, 5) is 4.25. The van der Waals surface area contributed by atoms with Crippen LogP contribution in [0.3, 0.4) is 0 Å². The largest absolute Gasteiger partial charge is 0.390 e. The molecule has 0 aromatic carbocycles. The SMILES string of the molecule is C1=C\NCCNCCNCCNCC/N=C/1. The summed E-state index contributed by atoms with van der Waals surface area (Å²) >= 11 is 0. The molecular formula is C11H23N5. The first-order valence-corrected chi connectivity index (χ1v) is 6.00. The molecule has 0 unspecified atom stereocenters. The molecule has 1 rings (SSSR count). The van der Waals surface area contributed by atoms with Gasteiger partial charge in [0.25, 0.3) is 0 Å². The van der Waals surface area contributed by atoms with Gasteiger partial charge in [-0.15, -0.1) is 0 Å². The molecule has 5 nitrogen and oxygen atoms in total. The molecule has 1 aliphatic heterocycles. The van der Waals surface area contributed by atoms with Gasteiger partial charge in [-0.1, -0.05) is 0 Å². The molecule has 0 saturated carbocycles. The Labute approximate surface area is 97.8 Å². The van der Waals surface area contributed by atoms with Gasteiger partial charge in [0.15, 0.2) is 0 Å². The number of hydrogen-bond donors (Lipinski definition) is 4. The maximum atomic E-state index is 4.25. The Balaban J connectivity index is 2.15. The summed E-state index contributed by atoms with van der Waals surface area (Å²) in [6.07, 6.45) is 5.71. The molecule has 1 heterocycles. The van der Waals surface area contributed by atoms with Crippen LogP contribution in [0, 0.1) is 0 Å². The van der Waals surface area contributed by atoms with E-state index in [0.29, 0.717) is 0 Å². The van der Waals surface area contributed by atoms with Crippen LogP contribution in [0.1, 0.15) is 0 Å². The van der Waals surface area contributed by atoms with Crippen LogP contribution >= 0.6 is 0 Å². The highest BCUT2D eigenvalue weighted by Crippen LogP contribution is 1.70. The number of allylic oxidation sites excluding steroid dienone is 1. The second-order valence-corrected chi connectivity index (χ2v) is 3.62. The highest BCUT2D eigenvalue weighted by Gasteiger charge is 1.89. The van der Waals surface area contributed by atoms with Gasteiger partial charge in [-0.25, -0.2) is 0 Å². The summed E-state index contributed by atoms with van der Waals surface area (Å²) in [6.45, 7) is 7.79. The molecular weight excluding hydrogens is 202 g/mol. The topological polar surface area (TPSA) is 60.5 Å². The summed E-state index contributed by atoms with van der Waals surface area (Å²) in [6, 6.07) is 0. The zero-order valence-corrected chi connectivity index (χ0v) is 9.84. The van der Waals surface area contributed by atoms with Gasteiger partial charge in [0.05, 0.1) is 6.54 Å². The van der Waals surface area contributed by atoms with Crippen molar-refractivity contribution in [3.63, 3.8) is 0 Å². The van der Waals surface area contributed by atoms with Crippen LogP contribution in [0.15, 0.2) is 17.3 Å². The minimum Gasteiger partial charge on any atom is -0.390 e. The molecule has 0 aromatic heterocycles. The number of nitrogens with zero attached hydrogens (tertiary/aromatic N) is 1. The van der Waals surface area contributed by atoms with E-state index in [2.05, 4.69) is 26.3 Å². The van der Waals surface area contributed by atoms with Gasteiger partial charge in [0.2, 0.25) is 0 Å². The Morgan fingerprint density at radius 1 is 0.750 bits per heavy atom. The van der Waals surface area contributed by atoms with Crippen molar-refractivity contribution >= 4 is 6.21 Å². The van der Waals surface area contributed by atoms with Crippen molar-refractivity contribution in [2.24, 2.45) is 4.99 Å². The summed E-state index contributed by atoms with van der Waals surface area (Å²) in [7, 11) is 0. The Morgan fingerprint density at radius 2 is 1.38 bits per heavy atom. The van der Waals surface area contributed by atoms with Crippen molar-refractivity contribution in [3.05, 3.63) is 12.3 Å². The van der Waals surface area contributed by atoms with E-state index in [1.54, 1.807) is 0 Å². The molecule has 0 bridgehead atoms. The second-order valence-electron chi connectivity index (χ2n) is 3.62. The third kappa shape index (κ3) is 8.40. The molecule has 16 heavy (non-hydrogen) atoms. The van der Waals surface area contributed by atoms with Crippen LogP contribution in [0.4, 0.5) is 0 Å². The maximum Gasteiger partial charge on any atom is 0.0514 e. The summed E-state index contributed by atoms with van der Waals surface area (Å²) < 4.78 is 0.